The molecule has 186 valence electrons. The molecule has 0 saturated carbocycles. The number of halogens is 3. The van der Waals surface area contributed by atoms with Crippen molar-refractivity contribution in [3.05, 3.63) is 105 Å². The molecule has 5 nitrogen and oxygen atoms in total. The van der Waals surface area contributed by atoms with Crippen molar-refractivity contribution in [2.45, 2.75) is 13.5 Å². The summed E-state index contributed by atoms with van der Waals surface area (Å²) in [5.74, 6) is 0.136. The predicted octanol–water partition coefficient (Wildman–Crippen LogP) is 8.32. The summed E-state index contributed by atoms with van der Waals surface area (Å²) in [5, 5.41) is 15.4. The van der Waals surface area contributed by atoms with E-state index in [1.807, 2.05) is 55.5 Å². The molecule has 0 fully saturated rings. The molecule has 0 heterocycles. The van der Waals surface area contributed by atoms with Crippen molar-refractivity contribution in [2.24, 2.45) is 0 Å². The Kier molecular flexibility index (Phi) is 8.58. The number of carbonyl (C=O) groups is 1. The Bertz CT molecular complexity index is 1540. The number of nitrogens with one attached hydrogen (secondary N) is 1. The second kappa shape index (κ2) is 12.0. The van der Waals surface area contributed by atoms with Crippen molar-refractivity contribution >= 4 is 63.2 Å². The first-order valence-corrected chi connectivity index (χ1v) is 12.5. The molecular formula is C29H21Cl3N2O3. The summed E-state index contributed by atoms with van der Waals surface area (Å²) in [6.07, 6.45) is 1.41. The standard InChI is InChI=1S/C29H21Cl3N2O3/c1-2-36-27-14-18(12-21(16-33)29(35)34-26-15-22(30)10-11-24(26)31)13-25(32)28(27)37-17-20-8-5-7-19-6-3-4-9-23(19)20/h3-15H,2,17H2,1H3,(H,34,35)/b21-12+. The molecule has 0 aromatic heterocycles. The summed E-state index contributed by atoms with van der Waals surface area (Å²) < 4.78 is 11.9. The molecular weight excluding hydrogens is 531 g/mol. The van der Waals surface area contributed by atoms with E-state index in [1.54, 1.807) is 24.3 Å². The minimum atomic E-state index is -0.642. The van der Waals surface area contributed by atoms with E-state index in [-0.39, 0.29) is 17.2 Å². The Morgan fingerprint density at radius 1 is 0.973 bits per heavy atom. The zero-order chi connectivity index (χ0) is 26.4. The molecule has 0 unspecified atom stereocenters. The van der Waals surface area contributed by atoms with Gasteiger partial charge in [-0.25, -0.2) is 0 Å². The maximum absolute atomic E-state index is 12.7. The van der Waals surface area contributed by atoms with Crippen LogP contribution >= 0.6 is 34.8 Å². The molecule has 0 spiro atoms. The second-order valence-electron chi connectivity index (χ2n) is 7.94. The van der Waals surface area contributed by atoms with Gasteiger partial charge in [-0.05, 0) is 65.2 Å². The quantitative estimate of drug-likeness (QED) is 0.176. The predicted molar refractivity (Wildman–Crippen MR) is 150 cm³/mol. The Labute approximate surface area is 229 Å². The van der Waals surface area contributed by atoms with E-state index >= 15 is 0 Å². The zero-order valence-electron chi connectivity index (χ0n) is 19.7. The summed E-state index contributed by atoms with van der Waals surface area (Å²) >= 11 is 18.7. The lowest BCUT2D eigenvalue weighted by Gasteiger charge is -2.15. The minimum absolute atomic E-state index is 0.154. The highest BCUT2D eigenvalue weighted by Crippen LogP contribution is 2.38. The molecule has 0 radical (unpaired) electrons. The molecule has 1 amide bonds. The zero-order valence-corrected chi connectivity index (χ0v) is 22.0. The van der Waals surface area contributed by atoms with Crippen LogP contribution in [0.25, 0.3) is 16.8 Å². The van der Waals surface area contributed by atoms with Crippen LogP contribution in [0, 0.1) is 11.3 Å². The van der Waals surface area contributed by atoms with Crippen molar-refractivity contribution in [3.63, 3.8) is 0 Å². The number of benzene rings is 4. The van der Waals surface area contributed by atoms with Gasteiger partial charge in [0.1, 0.15) is 18.2 Å². The highest BCUT2D eigenvalue weighted by atomic mass is 35.5. The van der Waals surface area contributed by atoms with Gasteiger partial charge >= 0.3 is 0 Å². The Morgan fingerprint density at radius 3 is 2.54 bits per heavy atom. The van der Waals surface area contributed by atoms with Crippen LogP contribution in [0.4, 0.5) is 5.69 Å². The van der Waals surface area contributed by atoms with E-state index in [2.05, 4.69) is 5.32 Å². The number of hydrogen-bond donors (Lipinski definition) is 1. The number of rotatable bonds is 8. The number of anilines is 1. The van der Waals surface area contributed by atoms with E-state index in [4.69, 9.17) is 44.3 Å². The third kappa shape index (κ3) is 6.36. The summed E-state index contributed by atoms with van der Waals surface area (Å²) in [6, 6.07) is 23.9. The Morgan fingerprint density at radius 2 is 1.76 bits per heavy atom. The Balaban J connectivity index is 1.60. The number of fused-ring (bicyclic) bond motifs is 1. The lowest BCUT2D eigenvalue weighted by molar-refractivity contribution is -0.112. The highest BCUT2D eigenvalue weighted by Gasteiger charge is 2.16. The fourth-order valence-electron chi connectivity index (χ4n) is 3.74. The van der Waals surface area contributed by atoms with Crippen molar-refractivity contribution in [1.29, 1.82) is 5.26 Å². The molecule has 4 rings (SSSR count). The van der Waals surface area contributed by atoms with Crippen LogP contribution < -0.4 is 14.8 Å². The van der Waals surface area contributed by atoms with Gasteiger partial charge < -0.3 is 14.8 Å². The largest absolute Gasteiger partial charge is 0.490 e. The van der Waals surface area contributed by atoms with E-state index in [1.165, 1.54) is 12.1 Å². The fourth-order valence-corrected chi connectivity index (χ4v) is 4.35. The van der Waals surface area contributed by atoms with Crippen LogP contribution in [-0.2, 0) is 11.4 Å². The van der Waals surface area contributed by atoms with Crippen molar-refractivity contribution in [3.8, 4) is 17.6 Å². The minimum Gasteiger partial charge on any atom is -0.490 e. The summed E-state index contributed by atoms with van der Waals surface area (Å²) in [4.78, 5) is 12.7. The molecule has 0 atom stereocenters. The highest BCUT2D eigenvalue weighted by molar-refractivity contribution is 6.36. The van der Waals surface area contributed by atoms with Gasteiger partial charge in [-0.15, -0.1) is 0 Å². The lowest BCUT2D eigenvalue weighted by atomic mass is 10.1. The third-order valence-corrected chi connectivity index (χ3v) is 6.28. The maximum atomic E-state index is 12.7. The summed E-state index contributed by atoms with van der Waals surface area (Å²) in [7, 11) is 0. The molecule has 0 aliphatic heterocycles. The number of amides is 1. The molecule has 8 heteroatoms. The van der Waals surface area contributed by atoms with Crippen LogP contribution in [-0.4, -0.2) is 12.5 Å². The van der Waals surface area contributed by atoms with Crippen LogP contribution in [0.3, 0.4) is 0 Å². The van der Waals surface area contributed by atoms with Gasteiger partial charge in [0, 0.05) is 5.02 Å². The SMILES string of the molecule is CCOc1cc(/C=C(\C#N)C(=O)Nc2cc(Cl)ccc2Cl)cc(Cl)c1OCc1cccc2ccccc12. The van der Waals surface area contributed by atoms with Gasteiger partial charge in [0.25, 0.3) is 5.91 Å². The van der Waals surface area contributed by atoms with Crippen LogP contribution in [0.5, 0.6) is 11.5 Å². The molecule has 0 aliphatic carbocycles. The number of hydrogen-bond acceptors (Lipinski definition) is 4. The summed E-state index contributed by atoms with van der Waals surface area (Å²) in [6.45, 7) is 2.49. The first kappa shape index (κ1) is 26.4. The van der Waals surface area contributed by atoms with Crippen LogP contribution in [0.15, 0.2) is 78.4 Å². The van der Waals surface area contributed by atoms with Gasteiger partial charge in [0.2, 0.25) is 0 Å². The van der Waals surface area contributed by atoms with E-state index < -0.39 is 5.91 Å². The van der Waals surface area contributed by atoms with Gasteiger partial charge in [-0.2, -0.15) is 5.26 Å². The third-order valence-electron chi connectivity index (χ3n) is 5.44. The number of nitriles is 1. The van der Waals surface area contributed by atoms with E-state index in [9.17, 15) is 10.1 Å². The lowest BCUT2D eigenvalue weighted by Crippen LogP contribution is -2.13. The molecule has 37 heavy (non-hydrogen) atoms. The molecule has 1 N–H and O–H groups in total. The number of ether oxygens (including phenoxy) is 2. The van der Waals surface area contributed by atoms with Crippen molar-refractivity contribution < 1.29 is 14.3 Å². The topological polar surface area (TPSA) is 71.3 Å². The van der Waals surface area contributed by atoms with Crippen LogP contribution in [0.2, 0.25) is 15.1 Å². The van der Waals surface area contributed by atoms with E-state index in [0.29, 0.717) is 39.4 Å². The summed E-state index contributed by atoms with van der Waals surface area (Å²) in [5.41, 5.74) is 1.64. The van der Waals surface area contributed by atoms with Crippen LogP contribution in [0.1, 0.15) is 18.1 Å². The van der Waals surface area contributed by atoms with Crippen molar-refractivity contribution in [2.75, 3.05) is 11.9 Å². The van der Waals surface area contributed by atoms with Gasteiger partial charge in [0.05, 0.1) is 22.3 Å². The fraction of sp³-hybridized carbons (Fsp3) is 0.103. The molecule has 4 aromatic carbocycles. The van der Waals surface area contributed by atoms with Gasteiger partial charge in [0.15, 0.2) is 11.5 Å². The monoisotopic (exact) mass is 550 g/mol. The number of nitrogens with zero attached hydrogens (tertiary/aromatic N) is 1. The van der Waals surface area contributed by atoms with Crippen molar-refractivity contribution in [1.82, 2.24) is 0 Å². The first-order valence-electron chi connectivity index (χ1n) is 11.3. The van der Waals surface area contributed by atoms with E-state index in [0.717, 1.165) is 16.3 Å². The maximum Gasteiger partial charge on any atom is 0.266 e. The van der Waals surface area contributed by atoms with Gasteiger partial charge in [-0.1, -0.05) is 77.3 Å². The smallest absolute Gasteiger partial charge is 0.266 e. The molecule has 4 aromatic rings. The average molecular weight is 552 g/mol. The number of carbonyl (C=O) groups excluding carboxylic acids is 1. The first-order chi connectivity index (χ1) is 17.9. The molecule has 0 bridgehead atoms. The molecule has 0 saturated heterocycles. The second-order valence-corrected chi connectivity index (χ2v) is 9.19. The molecule has 0 aliphatic rings. The Hall–Kier alpha value is -3.69. The normalized spacial score (nSPS) is 11.2. The average Bonchev–Trinajstić information content (AvgIpc) is 2.89. The van der Waals surface area contributed by atoms with Gasteiger partial charge in [-0.3, -0.25) is 4.79 Å².